The van der Waals surface area contributed by atoms with Crippen LogP contribution in [0.5, 0.6) is 0 Å². The van der Waals surface area contributed by atoms with E-state index in [0.717, 1.165) is 23.9 Å². The summed E-state index contributed by atoms with van der Waals surface area (Å²) in [5, 5.41) is 0.101. The van der Waals surface area contributed by atoms with E-state index in [1.165, 1.54) is 10.6 Å². The average Bonchev–Trinajstić information content (AvgIpc) is 3.16. The topological polar surface area (TPSA) is 58.4 Å². The molecule has 2 unspecified atom stereocenters. The van der Waals surface area contributed by atoms with Gasteiger partial charge in [0.1, 0.15) is 17.5 Å². The molecule has 0 bridgehead atoms. The number of nitrogens with zero attached hydrogens (tertiary/aromatic N) is 4. The molecule has 2 atom stereocenters. The third-order valence-corrected chi connectivity index (χ3v) is 8.99. The van der Waals surface area contributed by atoms with Crippen LogP contribution in [0.25, 0.3) is 22.0 Å². The smallest absolute Gasteiger partial charge is 0.352 e. The highest BCUT2D eigenvalue weighted by atomic mass is 79.9. The minimum absolute atomic E-state index is 0.0715. The maximum Gasteiger partial charge on any atom is 0.417 e. The minimum atomic E-state index is -4.91. The molecule has 42 heavy (non-hydrogen) atoms. The summed E-state index contributed by atoms with van der Waals surface area (Å²) in [6, 6.07) is 1.75. The zero-order valence-electron chi connectivity index (χ0n) is 23.5. The highest BCUT2D eigenvalue weighted by molar-refractivity contribution is 9.10. The fourth-order valence-corrected chi connectivity index (χ4v) is 7.16. The number of anilines is 1. The third-order valence-electron chi connectivity index (χ3n) is 7.20. The maximum absolute atomic E-state index is 15.1. The molecule has 226 valence electrons. The number of carbonyl (C=O) groups is 1. The highest BCUT2D eigenvalue weighted by Gasteiger charge is 2.40. The summed E-state index contributed by atoms with van der Waals surface area (Å²) in [5.41, 5.74) is -2.40. The summed E-state index contributed by atoms with van der Waals surface area (Å²) in [4.78, 5) is 33.4. The number of thioether (sulfide) groups is 1. The summed E-state index contributed by atoms with van der Waals surface area (Å²) < 4.78 is 74.4. The van der Waals surface area contributed by atoms with Gasteiger partial charge in [-0.3, -0.25) is 9.36 Å². The van der Waals surface area contributed by atoms with Crippen LogP contribution in [0, 0.1) is 11.6 Å². The predicted octanol–water partition coefficient (Wildman–Crippen LogP) is 7.26. The second-order valence-electron chi connectivity index (χ2n) is 9.89. The molecule has 3 aromatic rings. The number of carbonyl (C=O) groups excluding carboxylic acids is 1. The second kappa shape index (κ2) is 12.4. The summed E-state index contributed by atoms with van der Waals surface area (Å²) in [6.45, 7) is 11.8. The van der Waals surface area contributed by atoms with Gasteiger partial charge in [0, 0.05) is 59.2 Å². The van der Waals surface area contributed by atoms with Crippen LogP contribution in [0.1, 0.15) is 39.7 Å². The van der Waals surface area contributed by atoms with Gasteiger partial charge >= 0.3 is 11.9 Å². The lowest BCUT2D eigenvalue weighted by Gasteiger charge is -2.44. The van der Waals surface area contributed by atoms with Gasteiger partial charge in [0.25, 0.3) is 0 Å². The van der Waals surface area contributed by atoms with Crippen LogP contribution in [-0.4, -0.2) is 51.3 Å². The van der Waals surface area contributed by atoms with Crippen molar-refractivity contribution in [2.24, 2.45) is 0 Å². The molecule has 2 aliphatic rings. The molecule has 1 amide bonds. The second-order valence-corrected chi connectivity index (χ2v) is 11.9. The Hall–Kier alpha value is -2.93. The van der Waals surface area contributed by atoms with E-state index in [1.54, 1.807) is 23.6 Å². The zero-order chi connectivity index (χ0) is 31.1. The number of piperazine rings is 1. The van der Waals surface area contributed by atoms with Gasteiger partial charge in [0.05, 0.1) is 15.6 Å². The predicted molar refractivity (Wildman–Crippen MR) is 159 cm³/mol. The van der Waals surface area contributed by atoms with Crippen LogP contribution in [0.15, 0.2) is 45.0 Å². The molecule has 0 radical (unpaired) electrons. The molecule has 1 fully saturated rings. The summed E-state index contributed by atoms with van der Waals surface area (Å²) in [7, 11) is 0. The Morgan fingerprint density at radius 1 is 1.12 bits per heavy atom. The van der Waals surface area contributed by atoms with Crippen LogP contribution in [0.2, 0.25) is 0 Å². The number of hydrogen-bond donors (Lipinski definition) is 0. The summed E-state index contributed by atoms with van der Waals surface area (Å²) in [5.74, 6) is -1.92. The van der Waals surface area contributed by atoms with Crippen molar-refractivity contribution in [3.8, 4) is 11.1 Å². The van der Waals surface area contributed by atoms with Crippen LogP contribution in [0.4, 0.5) is 27.8 Å². The molecule has 2 aromatic carbocycles. The number of aromatic nitrogens is 2. The molecule has 0 saturated carbocycles. The van der Waals surface area contributed by atoms with Crippen LogP contribution in [0.3, 0.4) is 0 Å². The van der Waals surface area contributed by atoms with E-state index in [2.05, 4.69) is 27.5 Å². The monoisotopic (exact) mass is 672 g/mol. The molecule has 0 aliphatic carbocycles. The van der Waals surface area contributed by atoms with E-state index < -0.39 is 40.2 Å². The number of rotatable bonds is 3. The molecule has 1 aromatic heterocycles. The van der Waals surface area contributed by atoms with E-state index in [-0.39, 0.29) is 63.7 Å². The number of amides is 1. The van der Waals surface area contributed by atoms with Gasteiger partial charge in [0.2, 0.25) is 5.91 Å². The SMILES string of the molecule is C=CC(=O)N1C(C)CN(c2nc(=O)n3c4c(c(-c5cc(Br)c(F)cc5F)c(C(F)(F)F)cc24)SCCC3)CC1C.CC. The summed E-state index contributed by atoms with van der Waals surface area (Å²) in [6.07, 6.45) is -3.23. The Kier molecular flexibility index (Phi) is 9.41. The zero-order valence-corrected chi connectivity index (χ0v) is 25.9. The first kappa shape index (κ1) is 32.0. The van der Waals surface area contributed by atoms with E-state index in [9.17, 15) is 27.2 Å². The first-order valence-corrected chi connectivity index (χ1v) is 15.3. The van der Waals surface area contributed by atoms with Crippen molar-refractivity contribution in [1.82, 2.24) is 14.5 Å². The minimum Gasteiger partial charge on any atom is -0.352 e. The van der Waals surface area contributed by atoms with Crippen molar-refractivity contribution in [2.75, 3.05) is 23.7 Å². The Balaban J connectivity index is 0.00000198. The van der Waals surface area contributed by atoms with Gasteiger partial charge in [-0.1, -0.05) is 20.4 Å². The number of hydrogen-bond acceptors (Lipinski definition) is 5. The fraction of sp³-hybridized carbons (Fsp3) is 0.414. The normalized spacial score (nSPS) is 18.8. The molecule has 2 aliphatic heterocycles. The van der Waals surface area contributed by atoms with E-state index >= 15 is 4.39 Å². The maximum atomic E-state index is 15.1. The van der Waals surface area contributed by atoms with Gasteiger partial charge in [0.15, 0.2) is 0 Å². The van der Waals surface area contributed by atoms with Gasteiger partial charge in [-0.05, 0) is 60.2 Å². The lowest BCUT2D eigenvalue weighted by molar-refractivity contribution is -0.137. The molecule has 0 N–H and O–H groups in total. The highest BCUT2D eigenvalue weighted by Crippen LogP contribution is 2.49. The molecule has 3 heterocycles. The Labute approximate surface area is 252 Å². The largest absolute Gasteiger partial charge is 0.417 e. The quantitative estimate of drug-likeness (QED) is 0.167. The van der Waals surface area contributed by atoms with Crippen LogP contribution in [-0.2, 0) is 17.5 Å². The number of benzene rings is 2. The Morgan fingerprint density at radius 2 is 1.76 bits per heavy atom. The van der Waals surface area contributed by atoms with Crippen molar-refractivity contribution in [3.63, 3.8) is 0 Å². The fourth-order valence-electron chi connectivity index (χ4n) is 5.62. The lowest BCUT2D eigenvalue weighted by Crippen LogP contribution is -2.58. The van der Waals surface area contributed by atoms with Gasteiger partial charge in [-0.15, -0.1) is 11.8 Å². The van der Waals surface area contributed by atoms with Crippen LogP contribution < -0.4 is 10.6 Å². The Bertz CT molecular complexity index is 1600. The summed E-state index contributed by atoms with van der Waals surface area (Å²) >= 11 is 4.06. The molecule has 1 saturated heterocycles. The van der Waals surface area contributed by atoms with Gasteiger partial charge < -0.3 is 9.80 Å². The number of aryl methyl sites for hydroxylation is 1. The number of halogens is 6. The Morgan fingerprint density at radius 3 is 2.36 bits per heavy atom. The van der Waals surface area contributed by atoms with E-state index in [4.69, 9.17) is 0 Å². The van der Waals surface area contributed by atoms with Crippen molar-refractivity contribution in [3.05, 3.63) is 63.0 Å². The number of alkyl halides is 3. The van der Waals surface area contributed by atoms with Crippen molar-refractivity contribution < 1.29 is 26.7 Å². The van der Waals surface area contributed by atoms with Gasteiger partial charge in [-0.2, -0.15) is 18.2 Å². The lowest BCUT2D eigenvalue weighted by atomic mass is 9.95. The van der Waals surface area contributed by atoms with Crippen LogP contribution >= 0.6 is 27.7 Å². The molecule has 0 spiro atoms. The first-order valence-electron chi connectivity index (χ1n) is 13.5. The van der Waals surface area contributed by atoms with Gasteiger partial charge in [-0.25, -0.2) is 13.6 Å². The molecular formula is C29H30BrF5N4O2S. The van der Waals surface area contributed by atoms with E-state index in [0.29, 0.717) is 18.2 Å². The van der Waals surface area contributed by atoms with Crippen molar-refractivity contribution >= 4 is 50.3 Å². The van der Waals surface area contributed by atoms with E-state index in [1.807, 2.05) is 13.8 Å². The van der Waals surface area contributed by atoms with Crippen molar-refractivity contribution in [1.29, 1.82) is 0 Å². The molecule has 6 nitrogen and oxygen atoms in total. The molecular weight excluding hydrogens is 643 g/mol. The average molecular weight is 674 g/mol. The molecule has 5 rings (SSSR count). The third kappa shape index (κ3) is 5.69. The van der Waals surface area contributed by atoms with Crippen molar-refractivity contribution in [2.45, 2.75) is 63.8 Å². The molecule has 13 heteroatoms. The first-order chi connectivity index (χ1) is 19.8. The standard InChI is InChI=1S/C27H24BrF5N4O2S.C2H6/c1-4-21(38)37-13(2)11-35(12-14(37)3)25-16-8-17(27(31,32)33)22(15-9-18(28)20(30)10-19(15)29)24-23(16)36(26(39)34-25)6-5-7-40-24;1-2/h4,8-10,13-14H,1,5-7,11-12H2,2-3H3;1-2H3.